The van der Waals surface area contributed by atoms with E-state index in [0.717, 1.165) is 33.5 Å². The van der Waals surface area contributed by atoms with E-state index >= 15 is 0 Å². The lowest BCUT2D eigenvalue weighted by Crippen LogP contribution is -2.13. The van der Waals surface area contributed by atoms with Gasteiger partial charge >= 0.3 is 0 Å². The van der Waals surface area contributed by atoms with Crippen molar-refractivity contribution in [1.29, 1.82) is 0 Å². The monoisotopic (exact) mass is 510 g/mol. The first kappa shape index (κ1) is 25.0. The van der Waals surface area contributed by atoms with Crippen molar-refractivity contribution >= 4 is 22.5 Å². The van der Waals surface area contributed by atoms with Crippen molar-refractivity contribution in [2.75, 3.05) is 18.5 Å². The second kappa shape index (κ2) is 10.8. The zero-order valence-electron chi connectivity index (χ0n) is 21.9. The van der Waals surface area contributed by atoms with Crippen LogP contribution in [-0.2, 0) is 13.6 Å². The first-order chi connectivity index (χ1) is 18.4. The number of para-hydroxylation sites is 1. The maximum absolute atomic E-state index is 13.5. The number of aryl methyl sites for hydroxylation is 2. The highest BCUT2D eigenvalue weighted by Gasteiger charge is 2.17. The summed E-state index contributed by atoms with van der Waals surface area (Å²) in [7, 11) is 1.87. The molecule has 0 fully saturated rings. The molecule has 3 aromatic heterocycles. The third-order valence-electron chi connectivity index (χ3n) is 6.09. The van der Waals surface area contributed by atoms with Crippen molar-refractivity contribution in [1.82, 2.24) is 24.5 Å². The molecule has 5 aromatic rings. The van der Waals surface area contributed by atoms with Gasteiger partial charge in [0.25, 0.3) is 5.91 Å². The Kier molecular flexibility index (Phi) is 7.08. The summed E-state index contributed by atoms with van der Waals surface area (Å²) in [6.07, 6.45) is 5.37. The summed E-state index contributed by atoms with van der Waals surface area (Å²) in [5, 5.41) is 12.6. The molecule has 38 heavy (non-hydrogen) atoms. The third-order valence-corrected chi connectivity index (χ3v) is 6.09. The van der Waals surface area contributed by atoms with E-state index < -0.39 is 0 Å². The number of nitrogens with zero attached hydrogens (tertiary/aromatic N) is 5. The van der Waals surface area contributed by atoms with Crippen molar-refractivity contribution in [3.63, 3.8) is 0 Å². The lowest BCUT2D eigenvalue weighted by atomic mass is 10.0. The molecule has 0 aliphatic carbocycles. The Labute approximate surface area is 221 Å². The summed E-state index contributed by atoms with van der Waals surface area (Å²) < 4.78 is 14.9. The van der Waals surface area contributed by atoms with Gasteiger partial charge in [-0.2, -0.15) is 10.2 Å². The molecule has 0 radical (unpaired) electrons. The van der Waals surface area contributed by atoms with Gasteiger partial charge in [-0.15, -0.1) is 0 Å². The molecule has 0 unspecified atom stereocenters. The topological polar surface area (TPSA) is 96.1 Å². The summed E-state index contributed by atoms with van der Waals surface area (Å²) in [5.74, 6) is 1.19. The van der Waals surface area contributed by atoms with Gasteiger partial charge in [-0.1, -0.05) is 24.3 Å². The number of anilines is 1. The summed E-state index contributed by atoms with van der Waals surface area (Å²) >= 11 is 0. The molecule has 0 aliphatic heterocycles. The minimum atomic E-state index is -0.231. The number of fused-ring (bicyclic) bond motifs is 1. The molecule has 0 spiro atoms. The molecular weight excluding hydrogens is 480 g/mol. The fourth-order valence-electron chi connectivity index (χ4n) is 4.45. The van der Waals surface area contributed by atoms with Crippen LogP contribution in [0.25, 0.3) is 22.2 Å². The number of hydrogen-bond acceptors (Lipinski definition) is 6. The van der Waals surface area contributed by atoms with E-state index in [0.29, 0.717) is 42.5 Å². The second-order valence-corrected chi connectivity index (χ2v) is 8.90. The van der Waals surface area contributed by atoms with Crippen LogP contribution < -0.4 is 14.8 Å². The molecule has 9 nitrogen and oxygen atoms in total. The Hall–Kier alpha value is -4.66. The molecule has 0 atom stereocenters. The summed E-state index contributed by atoms with van der Waals surface area (Å²) in [4.78, 5) is 18.2. The van der Waals surface area contributed by atoms with E-state index in [4.69, 9.17) is 14.5 Å². The van der Waals surface area contributed by atoms with Gasteiger partial charge in [0.1, 0.15) is 0 Å². The Balaban J connectivity index is 1.38. The van der Waals surface area contributed by atoms with Gasteiger partial charge in [-0.05, 0) is 50.6 Å². The number of carbonyl (C=O) groups excluding carboxylic acids is 1. The van der Waals surface area contributed by atoms with E-state index in [1.54, 1.807) is 15.6 Å². The largest absolute Gasteiger partial charge is 0.490 e. The van der Waals surface area contributed by atoms with Crippen LogP contribution in [0.1, 0.15) is 35.5 Å². The number of rotatable bonds is 9. The van der Waals surface area contributed by atoms with Crippen LogP contribution in [0.4, 0.5) is 5.69 Å². The SMILES string of the molecule is CCOc1ccc(Cn2cc(NC(=O)c3cc(-c4cn(C)nc4C)nc4ccccc34)cn2)cc1OCC. The first-order valence-corrected chi connectivity index (χ1v) is 12.6. The minimum absolute atomic E-state index is 0.231. The first-order valence-electron chi connectivity index (χ1n) is 12.6. The predicted octanol–water partition coefficient (Wildman–Crippen LogP) is 5.24. The lowest BCUT2D eigenvalue weighted by Gasteiger charge is -2.12. The number of nitrogens with one attached hydrogen (secondary N) is 1. The quantitative estimate of drug-likeness (QED) is 0.291. The molecule has 1 N–H and O–H groups in total. The highest BCUT2D eigenvalue weighted by molar-refractivity contribution is 6.13. The summed E-state index contributed by atoms with van der Waals surface area (Å²) in [5.41, 5.74) is 5.34. The van der Waals surface area contributed by atoms with E-state index in [2.05, 4.69) is 15.5 Å². The average Bonchev–Trinajstić information content (AvgIpc) is 3.49. The van der Waals surface area contributed by atoms with Gasteiger partial charge in [0.15, 0.2) is 11.5 Å². The Morgan fingerprint density at radius 1 is 1.00 bits per heavy atom. The number of aromatic nitrogens is 5. The number of hydrogen-bond donors (Lipinski definition) is 1. The number of pyridine rings is 1. The zero-order valence-corrected chi connectivity index (χ0v) is 21.9. The van der Waals surface area contributed by atoms with Gasteiger partial charge in [0, 0.05) is 30.4 Å². The Morgan fingerprint density at radius 2 is 1.79 bits per heavy atom. The molecular formula is C29H30N6O3. The van der Waals surface area contributed by atoms with Gasteiger partial charge in [-0.25, -0.2) is 4.98 Å². The maximum atomic E-state index is 13.5. The number of benzene rings is 2. The van der Waals surface area contributed by atoms with Crippen LogP contribution in [0.2, 0.25) is 0 Å². The molecule has 9 heteroatoms. The van der Waals surface area contributed by atoms with Crippen LogP contribution in [-0.4, -0.2) is 43.7 Å². The number of ether oxygens (including phenoxy) is 2. The Bertz CT molecular complexity index is 1600. The maximum Gasteiger partial charge on any atom is 0.256 e. The smallest absolute Gasteiger partial charge is 0.256 e. The van der Waals surface area contributed by atoms with Crippen molar-refractivity contribution in [3.05, 3.63) is 83.9 Å². The standard InChI is InChI=1S/C29H30N6O3/c1-5-37-27-12-11-20(13-28(27)38-6-2)16-35-17-21(15-30-35)31-29(36)23-14-26(24-18-34(4)33-19(24)3)32-25-10-8-7-9-22(23)25/h7-15,17-18H,5-6,16H2,1-4H3,(H,31,36). The minimum Gasteiger partial charge on any atom is -0.490 e. The highest BCUT2D eigenvalue weighted by atomic mass is 16.5. The highest BCUT2D eigenvalue weighted by Crippen LogP contribution is 2.29. The van der Waals surface area contributed by atoms with E-state index in [1.807, 2.05) is 88.7 Å². The number of amides is 1. The van der Waals surface area contributed by atoms with Crippen LogP contribution in [0.15, 0.2) is 67.1 Å². The van der Waals surface area contributed by atoms with Gasteiger partial charge < -0.3 is 14.8 Å². The van der Waals surface area contributed by atoms with E-state index in [-0.39, 0.29) is 5.91 Å². The normalized spacial score (nSPS) is 11.1. The molecule has 0 aliphatic rings. The van der Waals surface area contributed by atoms with Gasteiger partial charge in [0.2, 0.25) is 0 Å². The predicted molar refractivity (Wildman–Crippen MR) is 147 cm³/mol. The lowest BCUT2D eigenvalue weighted by molar-refractivity contribution is 0.102. The molecule has 3 heterocycles. The molecule has 0 saturated heterocycles. The second-order valence-electron chi connectivity index (χ2n) is 8.90. The van der Waals surface area contributed by atoms with Crippen molar-refractivity contribution in [3.8, 4) is 22.8 Å². The van der Waals surface area contributed by atoms with Crippen LogP contribution in [0, 0.1) is 6.92 Å². The van der Waals surface area contributed by atoms with E-state index in [1.165, 1.54) is 0 Å². The molecule has 0 saturated carbocycles. The van der Waals surface area contributed by atoms with Crippen LogP contribution in [0.5, 0.6) is 11.5 Å². The fourth-order valence-corrected chi connectivity index (χ4v) is 4.45. The summed E-state index contributed by atoms with van der Waals surface area (Å²) in [6, 6.07) is 15.3. The van der Waals surface area contributed by atoms with Crippen molar-refractivity contribution in [2.24, 2.45) is 7.05 Å². The number of carbonyl (C=O) groups is 1. The molecule has 0 bridgehead atoms. The van der Waals surface area contributed by atoms with Gasteiger partial charge in [-0.3, -0.25) is 14.2 Å². The van der Waals surface area contributed by atoms with Gasteiger partial charge in [0.05, 0.1) is 54.1 Å². The molecule has 5 rings (SSSR count). The molecule has 1 amide bonds. The third kappa shape index (κ3) is 5.22. The van der Waals surface area contributed by atoms with Crippen molar-refractivity contribution in [2.45, 2.75) is 27.3 Å². The average molecular weight is 511 g/mol. The van der Waals surface area contributed by atoms with Crippen LogP contribution >= 0.6 is 0 Å². The van der Waals surface area contributed by atoms with Crippen LogP contribution in [0.3, 0.4) is 0 Å². The zero-order chi connectivity index (χ0) is 26.6. The Morgan fingerprint density at radius 3 is 2.55 bits per heavy atom. The fraction of sp³-hybridized carbons (Fsp3) is 0.241. The molecule has 2 aromatic carbocycles. The summed E-state index contributed by atoms with van der Waals surface area (Å²) in [6.45, 7) is 7.45. The van der Waals surface area contributed by atoms with Crippen molar-refractivity contribution < 1.29 is 14.3 Å². The van der Waals surface area contributed by atoms with E-state index in [9.17, 15) is 4.79 Å². The molecule has 194 valence electrons.